The normalized spacial score (nSPS) is 17.1. The average Bonchev–Trinajstić information content (AvgIpc) is 3.56. The van der Waals surface area contributed by atoms with Crippen molar-refractivity contribution in [2.45, 2.75) is 110 Å². The van der Waals surface area contributed by atoms with Crippen LogP contribution in [0.1, 0.15) is 76.7 Å². The molecule has 7 N–H and O–H groups in total. The molecule has 0 saturated heterocycles. The summed E-state index contributed by atoms with van der Waals surface area (Å²) < 4.78 is 23.2. The van der Waals surface area contributed by atoms with E-state index in [1.54, 1.807) is 49.2 Å². The number of methoxy groups -OCH3 is 1. The van der Waals surface area contributed by atoms with Gasteiger partial charge in [0, 0.05) is 24.5 Å². The minimum absolute atomic E-state index is 0.0578. The van der Waals surface area contributed by atoms with Gasteiger partial charge in [-0.3, -0.25) is 14.4 Å². The van der Waals surface area contributed by atoms with Crippen molar-refractivity contribution in [3.05, 3.63) is 72.0 Å². The third-order valence-electron chi connectivity index (χ3n) is 11.0. The fourth-order valence-corrected chi connectivity index (χ4v) is 7.85. The lowest BCUT2D eigenvalue weighted by Gasteiger charge is -2.44. The number of hydrogen-bond donors (Lipinski definition) is 6. The van der Waals surface area contributed by atoms with E-state index in [2.05, 4.69) is 61.7 Å². The number of hydrogen-bond acceptors (Lipinski definition) is 11. The quantitative estimate of drug-likeness (QED) is 0.0628. The Morgan fingerprint density at radius 1 is 1.05 bits per heavy atom. The lowest BCUT2D eigenvalue weighted by Crippen LogP contribution is -2.57. The molecule has 0 radical (unpaired) electrons. The van der Waals surface area contributed by atoms with Crippen LogP contribution in [0.15, 0.2) is 60.8 Å². The van der Waals surface area contributed by atoms with Crippen LogP contribution in [0.3, 0.4) is 0 Å². The number of urea groups is 1. The third-order valence-corrected chi connectivity index (χ3v) is 15.5. The van der Waals surface area contributed by atoms with Gasteiger partial charge in [-0.1, -0.05) is 65.0 Å². The molecular formula is C43H61N7O11Si. The summed E-state index contributed by atoms with van der Waals surface area (Å²) in [5.41, 5.74) is 7.25. The number of phenolic OH excluding ortho intramolecular Hbond substituents is 1. The van der Waals surface area contributed by atoms with E-state index in [-0.39, 0.29) is 72.2 Å². The van der Waals surface area contributed by atoms with E-state index in [4.69, 9.17) is 24.4 Å². The molecule has 0 saturated carbocycles. The second-order valence-corrected chi connectivity index (χ2v) is 21.9. The highest BCUT2D eigenvalue weighted by atomic mass is 28.4. The fraction of sp³-hybridized carbons (Fsp3) is 0.488. The number of carbonyl (C=O) groups is 6. The van der Waals surface area contributed by atoms with Gasteiger partial charge in [-0.15, -0.1) is 0 Å². The molecule has 4 rings (SSSR count). The van der Waals surface area contributed by atoms with Gasteiger partial charge in [0.1, 0.15) is 25.3 Å². The molecule has 7 amide bonds. The summed E-state index contributed by atoms with van der Waals surface area (Å²) in [6.45, 7) is 19.1. The topological polar surface area (TPSA) is 240 Å². The summed E-state index contributed by atoms with van der Waals surface area (Å²) in [7, 11) is -1.25. The number of fused-ring (bicyclic) bond motifs is 2. The van der Waals surface area contributed by atoms with E-state index < -0.39 is 62.7 Å². The molecular weight excluding hydrogens is 819 g/mol. The largest absolute Gasteiger partial charge is 0.504 e. The van der Waals surface area contributed by atoms with Gasteiger partial charge in [0.05, 0.1) is 24.4 Å². The number of carbonyl (C=O) groups excluding carboxylic acids is 6. The smallest absolute Gasteiger partial charge is 0.416 e. The van der Waals surface area contributed by atoms with Crippen molar-refractivity contribution in [2.75, 3.05) is 30.5 Å². The Balaban J connectivity index is 1.56. The molecule has 338 valence electrons. The van der Waals surface area contributed by atoms with Crippen LogP contribution in [0.5, 0.6) is 11.5 Å². The van der Waals surface area contributed by atoms with Gasteiger partial charge < -0.3 is 55.6 Å². The Hall–Kier alpha value is -6.08. The Morgan fingerprint density at radius 3 is 2.32 bits per heavy atom. The maximum atomic E-state index is 14.4. The minimum Gasteiger partial charge on any atom is -0.504 e. The van der Waals surface area contributed by atoms with Crippen molar-refractivity contribution in [1.82, 2.24) is 20.9 Å². The zero-order valence-corrected chi connectivity index (χ0v) is 38.0. The molecule has 0 spiro atoms. The number of nitrogens with two attached hydrogens (primary N) is 1. The maximum absolute atomic E-state index is 14.4. The first kappa shape index (κ1) is 48.6. The first-order valence-corrected chi connectivity index (χ1v) is 23.3. The van der Waals surface area contributed by atoms with Crippen LogP contribution >= 0.6 is 0 Å². The van der Waals surface area contributed by atoms with Crippen molar-refractivity contribution in [2.24, 2.45) is 11.7 Å². The third kappa shape index (κ3) is 12.1. The number of primary amides is 1. The first-order chi connectivity index (χ1) is 29.1. The number of rotatable bonds is 17. The molecule has 19 heteroatoms. The van der Waals surface area contributed by atoms with Crippen molar-refractivity contribution >= 4 is 55.6 Å². The standard InChI is InChI=1S/C43H61N7O11Si/c1-11-19-59-41(56)48-35(25(2)3)37(53)47-30(13-12-18-45-40(44)55)36(52)46-28-16-14-27(15-17-28)24-60-42(57)50-31-22-33(51)34(58-8)21-29(31)38(54)49-23-26(4)20-32(49)39(50)61-62(9,10)43(5,6)7/h11,14-17,21-23,25,30,32,35,39,51H,1,12-13,18-20,24H2,2-10H3,(H,46,52)(H,47,53)(H,48,56)(H3,44,45,55)/t30-,32-,35-,39-/m0/s1. The van der Waals surface area contributed by atoms with Crippen molar-refractivity contribution < 1.29 is 52.5 Å². The zero-order chi connectivity index (χ0) is 46.1. The second-order valence-electron chi connectivity index (χ2n) is 17.1. The molecule has 2 aromatic rings. The molecule has 2 aliphatic rings. The lowest BCUT2D eigenvalue weighted by molar-refractivity contribution is -0.128. The van der Waals surface area contributed by atoms with Crippen LogP contribution < -0.4 is 36.6 Å². The van der Waals surface area contributed by atoms with E-state index in [1.165, 1.54) is 30.2 Å². The fourth-order valence-electron chi connectivity index (χ4n) is 6.63. The molecule has 0 aliphatic carbocycles. The lowest BCUT2D eigenvalue weighted by atomic mass is 10.0. The summed E-state index contributed by atoms with van der Waals surface area (Å²) in [5.74, 6) is -2.16. The van der Waals surface area contributed by atoms with Crippen molar-refractivity contribution in [3.63, 3.8) is 0 Å². The highest BCUT2D eigenvalue weighted by Crippen LogP contribution is 2.45. The molecule has 18 nitrogen and oxygen atoms in total. The monoisotopic (exact) mass is 879 g/mol. The molecule has 0 bridgehead atoms. The SMILES string of the molecule is C=CCOC(=O)N[C@H](C(=O)N[C@@H](CCCNC(N)=O)C(=O)Nc1ccc(COC(=O)N2c3cc(O)c(OC)cc3C(=O)N3C=C(C)C[C@H]3[C@@H]2O[Si](C)(C)C(C)(C)C)cc1)C(C)C. The molecule has 2 aliphatic heterocycles. The van der Waals surface area contributed by atoms with E-state index in [1.807, 2.05) is 6.92 Å². The zero-order valence-electron chi connectivity index (χ0n) is 37.0. The number of benzene rings is 2. The maximum Gasteiger partial charge on any atom is 0.416 e. The predicted molar refractivity (Wildman–Crippen MR) is 235 cm³/mol. The Morgan fingerprint density at radius 2 is 1.73 bits per heavy atom. The van der Waals surface area contributed by atoms with Crippen LogP contribution in [0, 0.1) is 5.92 Å². The average molecular weight is 880 g/mol. The number of nitrogens with one attached hydrogen (secondary N) is 4. The number of nitrogens with zero attached hydrogens (tertiary/aromatic N) is 2. The van der Waals surface area contributed by atoms with Crippen LogP contribution in [-0.2, 0) is 30.1 Å². The molecule has 0 aromatic heterocycles. The number of aromatic hydroxyl groups is 1. The molecule has 2 heterocycles. The van der Waals surface area contributed by atoms with Crippen LogP contribution in [0.4, 0.5) is 25.8 Å². The molecule has 0 unspecified atom stereocenters. The van der Waals surface area contributed by atoms with Gasteiger partial charge in [-0.25, -0.2) is 19.3 Å². The number of ether oxygens (including phenoxy) is 3. The number of phenols is 1. The summed E-state index contributed by atoms with van der Waals surface area (Å²) in [6, 6.07) is 5.77. The van der Waals surface area contributed by atoms with E-state index >= 15 is 0 Å². The molecule has 4 atom stereocenters. The van der Waals surface area contributed by atoms with Gasteiger partial charge in [0.25, 0.3) is 5.91 Å². The van der Waals surface area contributed by atoms with E-state index in [0.717, 1.165) is 5.57 Å². The van der Waals surface area contributed by atoms with E-state index in [9.17, 15) is 33.9 Å². The molecule has 2 aromatic carbocycles. The minimum atomic E-state index is -2.62. The van der Waals surface area contributed by atoms with Gasteiger partial charge in [-0.2, -0.15) is 0 Å². The summed E-state index contributed by atoms with van der Waals surface area (Å²) in [5, 5.41) is 21.1. The summed E-state index contributed by atoms with van der Waals surface area (Å²) in [6.07, 6.45) is 1.36. The Bertz CT molecular complexity index is 2030. The highest BCUT2D eigenvalue weighted by Gasteiger charge is 2.50. The molecule has 0 fully saturated rings. The van der Waals surface area contributed by atoms with Gasteiger partial charge >= 0.3 is 18.2 Å². The predicted octanol–water partition coefficient (Wildman–Crippen LogP) is 5.83. The Labute approximate surface area is 363 Å². The van der Waals surface area contributed by atoms with Gasteiger partial charge in [0.2, 0.25) is 11.8 Å². The highest BCUT2D eigenvalue weighted by molar-refractivity contribution is 6.74. The van der Waals surface area contributed by atoms with Crippen LogP contribution in [-0.4, -0.2) is 98.9 Å². The van der Waals surface area contributed by atoms with E-state index in [0.29, 0.717) is 17.7 Å². The van der Waals surface area contributed by atoms with Crippen LogP contribution in [0.25, 0.3) is 0 Å². The number of alkyl carbamates (subject to hydrolysis) is 1. The number of anilines is 2. The summed E-state index contributed by atoms with van der Waals surface area (Å²) in [4.78, 5) is 81.9. The Kier molecular flexibility index (Phi) is 16.2. The first-order valence-electron chi connectivity index (χ1n) is 20.4. The number of amides is 7. The second kappa shape index (κ2) is 20.7. The van der Waals surface area contributed by atoms with Crippen molar-refractivity contribution in [3.8, 4) is 11.5 Å². The van der Waals surface area contributed by atoms with Gasteiger partial charge in [-0.05, 0) is 74.0 Å². The van der Waals surface area contributed by atoms with Gasteiger partial charge in [0.15, 0.2) is 26.0 Å². The van der Waals surface area contributed by atoms with Crippen LogP contribution in [0.2, 0.25) is 18.1 Å². The van der Waals surface area contributed by atoms with Crippen molar-refractivity contribution in [1.29, 1.82) is 0 Å². The summed E-state index contributed by atoms with van der Waals surface area (Å²) >= 11 is 0. The molecule has 62 heavy (non-hydrogen) atoms.